The van der Waals surface area contributed by atoms with Gasteiger partial charge in [0.2, 0.25) is 0 Å². The fourth-order valence-electron chi connectivity index (χ4n) is 5.83. The number of benzene rings is 8. The van der Waals surface area contributed by atoms with Crippen LogP contribution in [0, 0.1) is 0 Å². The van der Waals surface area contributed by atoms with E-state index in [1.807, 2.05) is 72.8 Å². The Balaban J connectivity index is 0.000000178. The Labute approximate surface area is 332 Å². The number of nitrogens with zero attached hydrogens (tertiary/aromatic N) is 4. The molecule has 0 radical (unpaired) electrons. The van der Waals surface area contributed by atoms with Crippen molar-refractivity contribution in [1.82, 2.24) is 0 Å². The van der Waals surface area contributed by atoms with Crippen LogP contribution in [0.15, 0.2) is 166 Å². The van der Waals surface area contributed by atoms with Crippen LogP contribution in [0.3, 0.4) is 0 Å². The van der Waals surface area contributed by atoms with Crippen molar-refractivity contribution in [2.45, 2.75) is 0 Å². The summed E-state index contributed by atoms with van der Waals surface area (Å²) in [6, 6.07) is 43.7. The van der Waals surface area contributed by atoms with E-state index in [2.05, 4.69) is 20.5 Å². The van der Waals surface area contributed by atoms with Crippen LogP contribution in [0.1, 0.15) is 20.7 Å². The molecule has 0 fully saturated rings. The van der Waals surface area contributed by atoms with Crippen molar-refractivity contribution >= 4 is 116 Å². The quantitative estimate of drug-likeness (QED) is 0.128. The Hall–Kier alpha value is -6.20. The maximum atomic E-state index is 12.5. The summed E-state index contributed by atoms with van der Waals surface area (Å²) in [5.74, 6) is -3.83. The van der Waals surface area contributed by atoms with Gasteiger partial charge in [-0.2, -0.15) is 20.5 Å². The SMILES string of the molecule is O=C(O)c1cc2ccccc2c(N=Nc2ccc3ccccc3c2)c1[O-].O=C(O)c1cc2ccccc2c(N=Nc2ccc3ccccc3c2)c1[O-].[Ca+2]. The zero-order valence-corrected chi connectivity index (χ0v) is 30.1. The van der Waals surface area contributed by atoms with Gasteiger partial charge < -0.3 is 20.4 Å². The van der Waals surface area contributed by atoms with Crippen LogP contribution in [-0.2, 0) is 0 Å². The maximum absolute atomic E-state index is 12.5. The summed E-state index contributed by atoms with van der Waals surface area (Å²) in [5, 5.41) is 66.8. The molecule has 0 aliphatic heterocycles. The molecule has 0 aliphatic carbocycles. The topological polar surface area (TPSA) is 170 Å². The van der Waals surface area contributed by atoms with E-state index in [0.717, 1.165) is 21.5 Å². The van der Waals surface area contributed by atoms with E-state index in [0.29, 0.717) is 32.9 Å². The minimum Gasteiger partial charge on any atom is -0.870 e. The molecular weight excluding hydrogens is 697 g/mol. The minimum absolute atomic E-state index is 0. The summed E-state index contributed by atoms with van der Waals surface area (Å²) in [4.78, 5) is 22.7. The Morgan fingerprint density at radius 3 is 1.13 bits per heavy atom. The van der Waals surface area contributed by atoms with E-state index in [1.165, 1.54) is 12.1 Å². The van der Waals surface area contributed by atoms with Crippen LogP contribution in [-0.4, -0.2) is 59.9 Å². The van der Waals surface area contributed by atoms with E-state index < -0.39 is 23.4 Å². The summed E-state index contributed by atoms with van der Waals surface area (Å²) in [6.07, 6.45) is 0. The average Bonchev–Trinajstić information content (AvgIpc) is 3.16. The van der Waals surface area contributed by atoms with Gasteiger partial charge in [-0.3, -0.25) is 0 Å². The molecule has 252 valence electrons. The van der Waals surface area contributed by atoms with E-state index in [9.17, 15) is 30.0 Å². The molecule has 0 unspecified atom stereocenters. The Morgan fingerprint density at radius 2 is 0.755 bits per heavy atom. The number of hydrogen-bond acceptors (Lipinski definition) is 8. The van der Waals surface area contributed by atoms with Crippen LogP contribution in [0.4, 0.5) is 22.7 Å². The molecule has 0 amide bonds. The predicted octanol–water partition coefficient (Wildman–Crippen LogP) is 9.98. The smallest absolute Gasteiger partial charge is 0.870 e. The summed E-state index contributed by atoms with van der Waals surface area (Å²) < 4.78 is 0. The molecule has 0 saturated heterocycles. The number of rotatable bonds is 6. The van der Waals surface area contributed by atoms with Crippen LogP contribution in [0.2, 0.25) is 0 Å². The van der Waals surface area contributed by atoms with Crippen LogP contribution in [0.25, 0.3) is 43.1 Å². The van der Waals surface area contributed by atoms with Gasteiger partial charge in [0.1, 0.15) is 0 Å². The van der Waals surface area contributed by atoms with Gasteiger partial charge in [0.25, 0.3) is 0 Å². The molecule has 0 aliphatic rings. The van der Waals surface area contributed by atoms with Crippen molar-refractivity contribution in [2.75, 3.05) is 0 Å². The number of hydrogen-bond donors (Lipinski definition) is 2. The summed E-state index contributed by atoms with van der Waals surface area (Å²) in [5.41, 5.74) is 0.635. The Kier molecular flexibility index (Phi) is 11.0. The molecule has 2 N–H and O–H groups in total. The molecule has 0 bridgehead atoms. The third-order valence-corrected chi connectivity index (χ3v) is 8.41. The first-order chi connectivity index (χ1) is 25.3. The molecule has 8 aromatic rings. The summed E-state index contributed by atoms with van der Waals surface area (Å²) in [6.45, 7) is 0. The molecule has 53 heavy (non-hydrogen) atoms. The minimum atomic E-state index is -1.28. The van der Waals surface area contributed by atoms with Gasteiger partial charge in [-0.05, 0) is 68.7 Å². The first kappa shape index (κ1) is 36.6. The monoisotopic (exact) mass is 722 g/mol. The Morgan fingerprint density at radius 1 is 0.415 bits per heavy atom. The van der Waals surface area contributed by atoms with Crippen LogP contribution < -0.4 is 10.2 Å². The van der Waals surface area contributed by atoms with Crippen molar-refractivity contribution < 1.29 is 30.0 Å². The normalized spacial score (nSPS) is 11.2. The van der Waals surface area contributed by atoms with Crippen molar-refractivity contribution in [3.63, 3.8) is 0 Å². The molecule has 8 aromatic carbocycles. The molecule has 0 spiro atoms. The molecule has 0 saturated carbocycles. The molecule has 0 atom stereocenters. The number of carbonyl (C=O) groups is 2. The number of carboxylic acid groups (broad SMARTS) is 2. The van der Waals surface area contributed by atoms with Crippen molar-refractivity contribution in [1.29, 1.82) is 0 Å². The van der Waals surface area contributed by atoms with E-state index in [4.69, 9.17) is 0 Å². The largest absolute Gasteiger partial charge is 2.00 e. The molecule has 10 nitrogen and oxygen atoms in total. The van der Waals surface area contributed by atoms with E-state index in [1.54, 1.807) is 60.7 Å². The van der Waals surface area contributed by atoms with Crippen molar-refractivity contribution in [3.05, 3.63) is 157 Å². The number of aromatic carboxylic acids is 2. The second-order valence-corrected chi connectivity index (χ2v) is 11.7. The van der Waals surface area contributed by atoms with Gasteiger partial charge >= 0.3 is 49.7 Å². The fourth-order valence-corrected chi connectivity index (χ4v) is 5.83. The maximum Gasteiger partial charge on any atom is 2.00 e. The van der Waals surface area contributed by atoms with Crippen LogP contribution in [0.5, 0.6) is 11.5 Å². The zero-order valence-electron chi connectivity index (χ0n) is 27.9. The standard InChI is InChI=1S/2C21H14N2O3.Ca/c2*24-20-18(21(25)26)12-15-7-3-4-8-17(15)19(20)23-22-16-10-9-13-5-1-2-6-14(13)11-16;/h2*1-12,24H,(H,25,26);/q;;+2/p-2. The van der Waals surface area contributed by atoms with Gasteiger partial charge in [0.05, 0.1) is 33.9 Å². The third kappa shape index (κ3) is 7.85. The molecule has 11 heteroatoms. The van der Waals surface area contributed by atoms with E-state index in [-0.39, 0.29) is 60.2 Å². The van der Waals surface area contributed by atoms with Gasteiger partial charge in [0, 0.05) is 10.8 Å². The molecule has 8 rings (SSSR count). The van der Waals surface area contributed by atoms with Crippen LogP contribution >= 0.6 is 0 Å². The third-order valence-electron chi connectivity index (χ3n) is 8.41. The predicted molar refractivity (Wildman–Crippen MR) is 203 cm³/mol. The zero-order chi connectivity index (χ0) is 36.2. The second kappa shape index (κ2) is 16.0. The first-order valence-corrected chi connectivity index (χ1v) is 16.0. The molecule has 0 heterocycles. The Bertz CT molecular complexity index is 2560. The molecular formula is C42H26CaN4O6. The van der Waals surface area contributed by atoms with E-state index >= 15 is 0 Å². The van der Waals surface area contributed by atoms with Gasteiger partial charge in [0.15, 0.2) is 0 Å². The average molecular weight is 723 g/mol. The van der Waals surface area contributed by atoms with Gasteiger partial charge in [-0.25, -0.2) is 9.59 Å². The summed E-state index contributed by atoms with van der Waals surface area (Å²) >= 11 is 0. The number of carboxylic acids is 2. The van der Waals surface area contributed by atoms with Gasteiger partial charge in [-0.15, -0.1) is 0 Å². The number of azo groups is 2. The van der Waals surface area contributed by atoms with Crippen molar-refractivity contribution in [2.24, 2.45) is 20.5 Å². The van der Waals surface area contributed by atoms with Crippen molar-refractivity contribution in [3.8, 4) is 11.5 Å². The number of fused-ring (bicyclic) bond motifs is 4. The first-order valence-electron chi connectivity index (χ1n) is 16.0. The molecule has 0 aromatic heterocycles. The van der Waals surface area contributed by atoms with Gasteiger partial charge in [-0.1, -0.05) is 121 Å². The fraction of sp³-hybridized carbons (Fsp3) is 0. The second-order valence-electron chi connectivity index (χ2n) is 11.7. The summed E-state index contributed by atoms with van der Waals surface area (Å²) in [7, 11) is 0.